The van der Waals surface area contributed by atoms with Crippen molar-refractivity contribution >= 4 is 0 Å². The molecule has 0 spiro atoms. The quantitative estimate of drug-likeness (QED) is 0.521. The monoisotopic (exact) mass is 133 g/mol. The van der Waals surface area contributed by atoms with E-state index in [4.69, 9.17) is 0 Å². The smallest absolute Gasteiger partial charge is 0.107 e. The third-order valence-electron chi connectivity index (χ3n) is 1.69. The predicted molar refractivity (Wildman–Crippen MR) is 40.1 cm³/mol. The van der Waals surface area contributed by atoms with E-state index in [1.54, 1.807) is 0 Å². The summed E-state index contributed by atoms with van der Waals surface area (Å²) >= 11 is 0. The average molecular weight is 133 g/mol. The molecule has 1 N–H and O–H groups in total. The molecule has 0 fully saturated rings. The molecule has 10 heavy (non-hydrogen) atoms. The van der Waals surface area contributed by atoms with E-state index in [-0.39, 0.29) is 0 Å². The summed E-state index contributed by atoms with van der Waals surface area (Å²) in [4.78, 5) is 0. The van der Waals surface area contributed by atoms with Crippen molar-refractivity contribution in [2.45, 2.75) is 6.42 Å². The maximum atomic E-state index is 4.11. The van der Waals surface area contributed by atoms with Crippen molar-refractivity contribution in [2.24, 2.45) is 0 Å². The highest BCUT2D eigenvalue weighted by molar-refractivity contribution is 5.38. The summed E-state index contributed by atoms with van der Waals surface area (Å²) in [6, 6.07) is 0. The molecule has 0 saturated carbocycles. The summed E-state index contributed by atoms with van der Waals surface area (Å²) in [6.45, 7) is 0.725. The summed E-state index contributed by atoms with van der Waals surface area (Å²) in [5.74, 6) is 0. The zero-order valence-corrected chi connectivity index (χ0v) is 5.67. The normalized spacial score (nSPS) is 21.6. The lowest BCUT2D eigenvalue weighted by atomic mass is 10.0. The largest absolute Gasteiger partial charge is 0.366 e. The average Bonchev–Trinajstić information content (AvgIpc) is 2.05. The third kappa shape index (κ3) is 0.817. The molecule has 1 heterocycles. The van der Waals surface area contributed by atoms with Crippen molar-refractivity contribution in [3.8, 4) is 0 Å². The maximum Gasteiger partial charge on any atom is 0.107 e. The number of nitrogens with zero attached hydrogens (tertiary/aromatic N) is 1. The minimum atomic E-state index is 0.725. The van der Waals surface area contributed by atoms with Gasteiger partial charge in [-0.05, 0) is 18.1 Å². The van der Waals surface area contributed by atoms with Crippen molar-refractivity contribution in [2.75, 3.05) is 6.67 Å². The molecular formula is C8H9N2. The van der Waals surface area contributed by atoms with Crippen LogP contribution in [-0.4, -0.2) is 6.67 Å². The molecule has 1 aliphatic carbocycles. The van der Waals surface area contributed by atoms with E-state index in [1.807, 2.05) is 6.20 Å². The second-order valence-electron chi connectivity index (χ2n) is 2.38. The summed E-state index contributed by atoms with van der Waals surface area (Å²) < 4.78 is 0. The molecule has 0 unspecified atom stereocenters. The van der Waals surface area contributed by atoms with Crippen molar-refractivity contribution in [3.05, 3.63) is 35.7 Å². The lowest BCUT2D eigenvalue weighted by Gasteiger charge is -2.19. The van der Waals surface area contributed by atoms with E-state index in [0.717, 1.165) is 13.1 Å². The first kappa shape index (κ1) is 5.59. The molecular weight excluding hydrogens is 124 g/mol. The number of rotatable bonds is 0. The van der Waals surface area contributed by atoms with Crippen molar-refractivity contribution < 1.29 is 0 Å². The van der Waals surface area contributed by atoms with Gasteiger partial charge < -0.3 is 5.32 Å². The van der Waals surface area contributed by atoms with Gasteiger partial charge in [-0.2, -0.15) is 0 Å². The molecule has 2 aliphatic rings. The molecule has 0 amide bonds. The zero-order valence-electron chi connectivity index (χ0n) is 5.67. The molecule has 2 nitrogen and oxygen atoms in total. The molecule has 0 aromatic carbocycles. The molecule has 0 bridgehead atoms. The van der Waals surface area contributed by atoms with Crippen LogP contribution in [0.2, 0.25) is 0 Å². The van der Waals surface area contributed by atoms with Crippen LogP contribution in [0.25, 0.3) is 0 Å². The molecule has 0 aromatic rings. The summed E-state index contributed by atoms with van der Waals surface area (Å²) in [5, 5.41) is 7.31. The fraction of sp³-hybridized carbons (Fsp3) is 0.250. The van der Waals surface area contributed by atoms with Crippen LogP contribution in [-0.2, 0) is 0 Å². The Morgan fingerprint density at radius 1 is 1.50 bits per heavy atom. The van der Waals surface area contributed by atoms with Gasteiger partial charge in [-0.1, -0.05) is 12.2 Å². The van der Waals surface area contributed by atoms with E-state index in [2.05, 4.69) is 28.9 Å². The minimum absolute atomic E-state index is 0.725. The number of nitrogens with one attached hydrogen (secondary N) is 1. The second kappa shape index (κ2) is 2.21. The summed E-state index contributed by atoms with van der Waals surface area (Å²) in [6.07, 6.45) is 9.26. The zero-order chi connectivity index (χ0) is 6.81. The van der Waals surface area contributed by atoms with Crippen LogP contribution in [0.1, 0.15) is 6.42 Å². The Morgan fingerprint density at radius 3 is 3.40 bits per heavy atom. The Labute approximate surface area is 60.3 Å². The van der Waals surface area contributed by atoms with Gasteiger partial charge in [0.1, 0.15) is 6.67 Å². The lowest BCUT2D eigenvalue weighted by Crippen LogP contribution is -2.27. The first-order valence-corrected chi connectivity index (χ1v) is 3.43. The first-order chi connectivity index (χ1) is 4.97. The topological polar surface area (TPSA) is 26.1 Å². The Balaban J connectivity index is 2.32. The SMILES string of the molecule is C1=CCC2=C[N]CNC2=C1. The highest BCUT2D eigenvalue weighted by Crippen LogP contribution is 2.17. The number of fused-ring (bicyclic) bond motifs is 1. The predicted octanol–water partition coefficient (Wildman–Crippen LogP) is 0.879. The van der Waals surface area contributed by atoms with Gasteiger partial charge in [0, 0.05) is 11.9 Å². The van der Waals surface area contributed by atoms with Crippen LogP contribution in [0.15, 0.2) is 35.7 Å². The van der Waals surface area contributed by atoms with E-state index in [9.17, 15) is 0 Å². The van der Waals surface area contributed by atoms with Gasteiger partial charge in [-0.25, -0.2) is 0 Å². The fourth-order valence-electron chi connectivity index (χ4n) is 1.16. The third-order valence-corrected chi connectivity index (χ3v) is 1.69. The summed E-state index contributed by atoms with van der Waals surface area (Å²) in [7, 11) is 0. The number of allylic oxidation sites excluding steroid dienone is 4. The molecule has 51 valence electrons. The van der Waals surface area contributed by atoms with Crippen LogP contribution < -0.4 is 10.6 Å². The van der Waals surface area contributed by atoms with E-state index < -0.39 is 0 Å². The molecule has 0 atom stereocenters. The highest BCUT2D eigenvalue weighted by Gasteiger charge is 2.09. The van der Waals surface area contributed by atoms with E-state index in [0.29, 0.717) is 0 Å². The van der Waals surface area contributed by atoms with Gasteiger partial charge >= 0.3 is 0 Å². The number of hydrogen-bond donors (Lipinski definition) is 1. The fourth-order valence-corrected chi connectivity index (χ4v) is 1.16. The Bertz CT molecular complexity index is 223. The molecule has 1 radical (unpaired) electrons. The minimum Gasteiger partial charge on any atom is -0.366 e. The van der Waals surface area contributed by atoms with Crippen molar-refractivity contribution in [1.82, 2.24) is 10.6 Å². The van der Waals surface area contributed by atoms with Gasteiger partial charge in [0.25, 0.3) is 0 Å². The van der Waals surface area contributed by atoms with E-state index >= 15 is 0 Å². The second-order valence-corrected chi connectivity index (χ2v) is 2.38. The molecule has 0 aromatic heterocycles. The molecule has 2 heteroatoms. The maximum absolute atomic E-state index is 4.11. The van der Waals surface area contributed by atoms with Crippen molar-refractivity contribution in [1.29, 1.82) is 0 Å². The van der Waals surface area contributed by atoms with Crippen LogP contribution in [0.4, 0.5) is 0 Å². The number of hydrogen-bond acceptors (Lipinski definition) is 1. The van der Waals surface area contributed by atoms with Gasteiger partial charge in [0.15, 0.2) is 0 Å². The molecule has 2 rings (SSSR count). The Kier molecular flexibility index (Phi) is 1.24. The lowest BCUT2D eigenvalue weighted by molar-refractivity contribution is 0.687. The molecule has 0 saturated heterocycles. The summed E-state index contributed by atoms with van der Waals surface area (Å²) in [5.41, 5.74) is 2.53. The van der Waals surface area contributed by atoms with Gasteiger partial charge in [0.2, 0.25) is 0 Å². The Morgan fingerprint density at radius 2 is 2.50 bits per heavy atom. The Hall–Kier alpha value is -1.18. The van der Waals surface area contributed by atoms with Gasteiger partial charge in [-0.15, -0.1) is 0 Å². The standard InChI is InChI=1S/C8H9N2/c1-2-4-8-7(3-1)5-9-6-10-8/h1-2,4-5,10H,3,6H2. The first-order valence-electron chi connectivity index (χ1n) is 3.43. The van der Waals surface area contributed by atoms with Gasteiger partial charge in [-0.3, -0.25) is 5.32 Å². The van der Waals surface area contributed by atoms with E-state index in [1.165, 1.54) is 11.3 Å². The van der Waals surface area contributed by atoms with Crippen LogP contribution in [0, 0.1) is 0 Å². The van der Waals surface area contributed by atoms with Crippen LogP contribution >= 0.6 is 0 Å². The van der Waals surface area contributed by atoms with Crippen LogP contribution in [0.3, 0.4) is 0 Å². The van der Waals surface area contributed by atoms with Crippen LogP contribution in [0.5, 0.6) is 0 Å². The highest BCUT2D eigenvalue weighted by atomic mass is 15.1. The van der Waals surface area contributed by atoms with Crippen molar-refractivity contribution in [3.63, 3.8) is 0 Å². The molecule has 1 aliphatic heterocycles. The van der Waals surface area contributed by atoms with Gasteiger partial charge in [0.05, 0.1) is 0 Å².